The number of rotatable bonds is 5. The summed E-state index contributed by atoms with van der Waals surface area (Å²) in [6.07, 6.45) is 2.52. The van der Waals surface area contributed by atoms with Gasteiger partial charge in [0.1, 0.15) is 11.6 Å². The van der Waals surface area contributed by atoms with Gasteiger partial charge in [0.05, 0.1) is 16.1 Å². The number of nitrogens with zero attached hydrogens (tertiary/aromatic N) is 3. The van der Waals surface area contributed by atoms with Crippen LogP contribution in [0.1, 0.15) is 44.1 Å². The fourth-order valence-corrected chi connectivity index (χ4v) is 5.92. The van der Waals surface area contributed by atoms with Gasteiger partial charge in [-0.3, -0.25) is 9.59 Å². The molecule has 3 aliphatic rings. The topological polar surface area (TPSA) is 70.2 Å². The highest BCUT2D eigenvalue weighted by atomic mass is 35.5. The van der Waals surface area contributed by atoms with Crippen molar-refractivity contribution in [1.82, 2.24) is 14.7 Å². The van der Waals surface area contributed by atoms with Crippen LogP contribution in [0.25, 0.3) is 0 Å². The Bertz CT molecular complexity index is 1260. The maximum absolute atomic E-state index is 13.7. The van der Waals surface area contributed by atoms with E-state index in [1.165, 1.54) is 29.2 Å². The summed E-state index contributed by atoms with van der Waals surface area (Å²) in [7, 11) is 1.64. The van der Waals surface area contributed by atoms with Gasteiger partial charge in [0.25, 0.3) is 0 Å². The summed E-state index contributed by atoms with van der Waals surface area (Å²) in [5, 5.41) is 0.823. The molecule has 39 heavy (non-hydrogen) atoms. The number of hydrogen-bond donors (Lipinski definition) is 0. The summed E-state index contributed by atoms with van der Waals surface area (Å²) in [6.45, 7) is 3.92. The van der Waals surface area contributed by atoms with Crippen LogP contribution >= 0.6 is 23.2 Å². The first-order valence-electron chi connectivity index (χ1n) is 13.3. The van der Waals surface area contributed by atoms with E-state index < -0.39 is 11.9 Å². The molecule has 3 fully saturated rings. The van der Waals surface area contributed by atoms with Crippen molar-refractivity contribution in [2.45, 2.75) is 44.6 Å². The van der Waals surface area contributed by atoms with E-state index in [1.54, 1.807) is 19.2 Å². The lowest BCUT2D eigenvalue weighted by molar-refractivity contribution is -0.142. The maximum Gasteiger partial charge on any atom is 0.415 e. The Morgan fingerprint density at radius 2 is 1.64 bits per heavy atom. The first-order chi connectivity index (χ1) is 18.6. The molecule has 2 unspecified atom stereocenters. The molecule has 3 amide bonds. The standard InChI is InChI=1S/C29H32Cl2FN3O4/c1-29(11-12-29)27(37)34-13-9-18(10-14-34)26(36)35-16-22(19-3-8-23(30)24(31)15-19)25(17-35)33(2)28(38)39-21-6-4-20(32)5-7-21/h3-8,15,18,22,25H,9-14,16-17H2,1-2H3. The van der Waals surface area contributed by atoms with Crippen molar-refractivity contribution in [2.24, 2.45) is 11.3 Å². The van der Waals surface area contributed by atoms with Crippen molar-refractivity contribution in [3.63, 3.8) is 0 Å². The molecule has 2 aromatic carbocycles. The summed E-state index contributed by atoms with van der Waals surface area (Å²) < 4.78 is 18.8. The van der Waals surface area contributed by atoms with E-state index in [0.717, 1.165) is 18.4 Å². The van der Waals surface area contributed by atoms with Crippen LogP contribution in [0, 0.1) is 17.2 Å². The number of likely N-dealkylation sites (tertiary alicyclic amines) is 2. The molecule has 7 nitrogen and oxygen atoms in total. The van der Waals surface area contributed by atoms with E-state index in [4.69, 9.17) is 27.9 Å². The summed E-state index contributed by atoms with van der Waals surface area (Å²) >= 11 is 12.5. The van der Waals surface area contributed by atoms with E-state index in [9.17, 15) is 18.8 Å². The van der Waals surface area contributed by atoms with E-state index in [1.807, 2.05) is 22.8 Å². The minimum absolute atomic E-state index is 0.0348. The zero-order chi connectivity index (χ0) is 27.9. The smallest absolute Gasteiger partial charge is 0.410 e. The average Bonchev–Trinajstić information content (AvgIpc) is 3.53. The molecule has 0 bridgehead atoms. The summed E-state index contributed by atoms with van der Waals surface area (Å²) in [5.41, 5.74) is 0.656. The van der Waals surface area contributed by atoms with Gasteiger partial charge < -0.3 is 19.4 Å². The highest BCUT2D eigenvalue weighted by Crippen LogP contribution is 2.47. The molecule has 2 heterocycles. The fraction of sp³-hybridized carbons (Fsp3) is 0.483. The van der Waals surface area contributed by atoms with Gasteiger partial charge in [-0.15, -0.1) is 0 Å². The van der Waals surface area contributed by atoms with Crippen molar-refractivity contribution in [3.05, 3.63) is 63.9 Å². The second-order valence-corrected chi connectivity index (χ2v) is 12.0. The predicted molar refractivity (Wildman–Crippen MR) is 146 cm³/mol. The van der Waals surface area contributed by atoms with Gasteiger partial charge in [-0.05, 0) is 67.6 Å². The molecule has 5 rings (SSSR count). The maximum atomic E-state index is 13.7. The highest BCUT2D eigenvalue weighted by Gasteiger charge is 2.48. The first-order valence-corrected chi connectivity index (χ1v) is 14.0. The molecule has 10 heteroatoms. The van der Waals surface area contributed by atoms with E-state index in [0.29, 0.717) is 49.1 Å². The summed E-state index contributed by atoms with van der Waals surface area (Å²) in [4.78, 5) is 44.7. The minimum Gasteiger partial charge on any atom is -0.410 e. The Kier molecular flexibility index (Phi) is 7.80. The Balaban J connectivity index is 1.30. The van der Waals surface area contributed by atoms with Crippen LogP contribution in [-0.4, -0.2) is 71.9 Å². The van der Waals surface area contributed by atoms with Gasteiger partial charge in [0.15, 0.2) is 0 Å². The minimum atomic E-state index is -0.605. The third-order valence-electron chi connectivity index (χ3n) is 8.42. The second kappa shape index (κ2) is 11.0. The first kappa shape index (κ1) is 27.7. The number of carbonyl (C=O) groups is 3. The fourth-order valence-electron chi connectivity index (χ4n) is 5.61. The molecule has 2 aliphatic heterocycles. The lowest BCUT2D eigenvalue weighted by Crippen LogP contribution is -2.46. The van der Waals surface area contributed by atoms with E-state index >= 15 is 0 Å². The number of benzene rings is 2. The van der Waals surface area contributed by atoms with E-state index in [-0.39, 0.29) is 40.9 Å². The Hall–Kier alpha value is -2.84. The van der Waals surface area contributed by atoms with Crippen LogP contribution in [0.3, 0.4) is 0 Å². The van der Waals surface area contributed by atoms with Crippen LogP contribution in [-0.2, 0) is 9.59 Å². The summed E-state index contributed by atoms with van der Waals surface area (Å²) in [6, 6.07) is 10.2. The van der Waals surface area contributed by atoms with Gasteiger partial charge in [-0.1, -0.05) is 36.2 Å². The monoisotopic (exact) mass is 575 g/mol. The Morgan fingerprint density at radius 1 is 0.974 bits per heavy atom. The third-order valence-corrected chi connectivity index (χ3v) is 9.16. The van der Waals surface area contributed by atoms with Gasteiger partial charge in [0.2, 0.25) is 11.8 Å². The quantitative estimate of drug-likeness (QED) is 0.465. The molecular formula is C29H32Cl2FN3O4. The predicted octanol–water partition coefficient (Wildman–Crippen LogP) is 5.60. The van der Waals surface area contributed by atoms with Gasteiger partial charge in [0, 0.05) is 50.5 Å². The normalized spacial score (nSPS) is 22.5. The number of halogens is 3. The molecule has 0 aromatic heterocycles. The molecule has 208 valence electrons. The van der Waals surface area contributed by atoms with E-state index in [2.05, 4.69) is 0 Å². The molecule has 0 radical (unpaired) electrons. The van der Waals surface area contributed by atoms with Gasteiger partial charge in [-0.25, -0.2) is 9.18 Å². The Morgan fingerprint density at radius 3 is 2.26 bits per heavy atom. The average molecular weight is 576 g/mol. The molecule has 2 aromatic rings. The molecular weight excluding hydrogens is 544 g/mol. The third kappa shape index (κ3) is 5.87. The van der Waals surface area contributed by atoms with Crippen LogP contribution in [0.5, 0.6) is 5.75 Å². The van der Waals surface area contributed by atoms with Gasteiger partial charge in [-0.2, -0.15) is 0 Å². The largest absolute Gasteiger partial charge is 0.415 e. The second-order valence-electron chi connectivity index (χ2n) is 11.2. The SMILES string of the molecule is CN(C(=O)Oc1ccc(F)cc1)C1CN(C(=O)C2CCN(C(=O)C3(C)CC3)CC2)CC1c1ccc(Cl)c(Cl)c1. The van der Waals surface area contributed by atoms with Crippen molar-refractivity contribution >= 4 is 41.1 Å². The zero-order valence-electron chi connectivity index (χ0n) is 22.0. The van der Waals surface area contributed by atoms with Crippen LogP contribution in [0.15, 0.2) is 42.5 Å². The number of carbonyl (C=O) groups excluding carboxylic acids is 3. The van der Waals surface area contributed by atoms with Crippen molar-refractivity contribution < 1.29 is 23.5 Å². The van der Waals surface area contributed by atoms with Crippen molar-refractivity contribution in [2.75, 3.05) is 33.2 Å². The number of ether oxygens (including phenoxy) is 1. The number of hydrogen-bond acceptors (Lipinski definition) is 4. The number of piperidine rings is 1. The summed E-state index contributed by atoms with van der Waals surface area (Å²) in [5.74, 6) is -0.351. The Labute approximate surface area is 237 Å². The van der Waals surface area contributed by atoms with Crippen molar-refractivity contribution in [3.8, 4) is 5.75 Å². The molecule has 2 atom stereocenters. The molecule has 1 saturated carbocycles. The zero-order valence-corrected chi connectivity index (χ0v) is 23.6. The lowest BCUT2D eigenvalue weighted by atomic mass is 9.93. The van der Waals surface area contributed by atoms with Crippen molar-refractivity contribution in [1.29, 1.82) is 0 Å². The van der Waals surface area contributed by atoms with Crippen LogP contribution < -0.4 is 4.74 Å². The highest BCUT2D eigenvalue weighted by molar-refractivity contribution is 6.42. The van der Waals surface area contributed by atoms with Gasteiger partial charge >= 0.3 is 6.09 Å². The molecule has 0 N–H and O–H groups in total. The van der Waals surface area contributed by atoms with Crippen LogP contribution in [0.2, 0.25) is 10.0 Å². The molecule has 1 aliphatic carbocycles. The number of likely N-dealkylation sites (N-methyl/N-ethyl adjacent to an activating group) is 1. The lowest BCUT2D eigenvalue weighted by Gasteiger charge is -2.34. The number of amides is 3. The molecule has 2 saturated heterocycles. The molecule has 0 spiro atoms. The van der Waals surface area contributed by atoms with Crippen LogP contribution in [0.4, 0.5) is 9.18 Å².